The van der Waals surface area contributed by atoms with Crippen LogP contribution < -0.4 is 5.32 Å². The number of carbonyl (C=O) groups excluding carboxylic acids is 1. The van der Waals surface area contributed by atoms with E-state index in [1.165, 1.54) is 38.5 Å². The lowest BCUT2D eigenvalue weighted by Gasteiger charge is -2.31. The molecular formula is C15H26N2O. The van der Waals surface area contributed by atoms with Gasteiger partial charge >= 0.3 is 0 Å². The average molecular weight is 250 g/mol. The molecule has 3 fully saturated rings. The molecule has 18 heavy (non-hydrogen) atoms. The highest BCUT2D eigenvalue weighted by Crippen LogP contribution is 2.54. The van der Waals surface area contributed by atoms with Crippen LogP contribution in [0.4, 0.5) is 0 Å². The fourth-order valence-electron chi connectivity index (χ4n) is 3.90. The van der Waals surface area contributed by atoms with E-state index >= 15 is 0 Å². The Morgan fingerprint density at radius 2 is 2.00 bits per heavy atom. The number of nitrogens with one attached hydrogen (secondary N) is 1. The summed E-state index contributed by atoms with van der Waals surface area (Å²) < 4.78 is 0. The van der Waals surface area contributed by atoms with E-state index in [4.69, 9.17) is 0 Å². The molecule has 0 spiro atoms. The minimum atomic E-state index is 0.359. The monoisotopic (exact) mass is 250 g/mol. The van der Waals surface area contributed by atoms with Crippen molar-refractivity contribution in [1.29, 1.82) is 0 Å². The van der Waals surface area contributed by atoms with Crippen molar-refractivity contribution in [1.82, 2.24) is 10.2 Å². The van der Waals surface area contributed by atoms with Crippen molar-refractivity contribution in [3.05, 3.63) is 0 Å². The maximum absolute atomic E-state index is 12.5. The van der Waals surface area contributed by atoms with E-state index in [2.05, 4.69) is 17.1 Å². The first-order valence-electron chi connectivity index (χ1n) is 7.80. The van der Waals surface area contributed by atoms with Gasteiger partial charge in [-0.25, -0.2) is 0 Å². The number of piperidine rings is 1. The molecule has 3 heteroatoms. The van der Waals surface area contributed by atoms with Crippen LogP contribution in [0.3, 0.4) is 0 Å². The molecule has 3 unspecified atom stereocenters. The normalized spacial score (nSPS) is 38.3. The second kappa shape index (κ2) is 5.20. The molecule has 0 radical (unpaired) electrons. The largest absolute Gasteiger partial charge is 0.341 e. The molecule has 3 aliphatic rings. The van der Waals surface area contributed by atoms with Crippen LogP contribution in [0, 0.1) is 17.8 Å². The zero-order valence-electron chi connectivity index (χ0n) is 11.5. The summed E-state index contributed by atoms with van der Waals surface area (Å²) in [6.07, 6.45) is 7.61. The predicted octanol–water partition coefficient (Wildman–Crippen LogP) is 2.02. The maximum Gasteiger partial charge on any atom is 0.225 e. The third-order valence-corrected chi connectivity index (χ3v) is 5.14. The number of fused-ring (bicyclic) bond motifs is 1. The van der Waals surface area contributed by atoms with Crippen LogP contribution >= 0.6 is 0 Å². The van der Waals surface area contributed by atoms with Crippen molar-refractivity contribution >= 4 is 5.91 Å². The first kappa shape index (κ1) is 12.5. The zero-order valence-corrected chi connectivity index (χ0v) is 11.5. The molecule has 1 amide bonds. The minimum Gasteiger partial charge on any atom is -0.341 e. The van der Waals surface area contributed by atoms with E-state index in [0.29, 0.717) is 17.9 Å². The summed E-state index contributed by atoms with van der Waals surface area (Å²) in [6, 6.07) is 0.540. The number of hydrogen-bond acceptors (Lipinski definition) is 2. The molecule has 1 aliphatic heterocycles. The van der Waals surface area contributed by atoms with Gasteiger partial charge < -0.3 is 10.2 Å². The van der Waals surface area contributed by atoms with Crippen molar-refractivity contribution < 1.29 is 4.79 Å². The van der Waals surface area contributed by atoms with Gasteiger partial charge in [-0.05, 0) is 57.4 Å². The van der Waals surface area contributed by atoms with Gasteiger partial charge in [-0.2, -0.15) is 0 Å². The van der Waals surface area contributed by atoms with Crippen LogP contribution in [0.1, 0.15) is 45.4 Å². The molecule has 0 aromatic rings. The highest BCUT2D eigenvalue weighted by Gasteiger charge is 2.48. The molecule has 1 saturated heterocycles. The fraction of sp³-hybridized carbons (Fsp3) is 0.933. The Balaban J connectivity index is 1.52. The highest BCUT2D eigenvalue weighted by molar-refractivity contribution is 5.79. The summed E-state index contributed by atoms with van der Waals surface area (Å²) >= 11 is 0. The Hall–Kier alpha value is -0.570. The van der Waals surface area contributed by atoms with E-state index in [-0.39, 0.29) is 0 Å². The van der Waals surface area contributed by atoms with Crippen molar-refractivity contribution in [2.75, 3.05) is 19.6 Å². The fourth-order valence-corrected chi connectivity index (χ4v) is 3.90. The summed E-state index contributed by atoms with van der Waals surface area (Å²) in [4.78, 5) is 14.6. The third-order valence-electron chi connectivity index (χ3n) is 5.14. The maximum atomic E-state index is 12.5. The zero-order chi connectivity index (χ0) is 12.5. The second-order valence-electron chi connectivity index (χ2n) is 6.45. The van der Waals surface area contributed by atoms with Gasteiger partial charge in [0, 0.05) is 25.0 Å². The van der Waals surface area contributed by atoms with E-state index in [1.54, 1.807) is 0 Å². The van der Waals surface area contributed by atoms with Crippen LogP contribution in [0.25, 0.3) is 0 Å². The molecule has 3 nitrogen and oxygen atoms in total. The van der Waals surface area contributed by atoms with Crippen LogP contribution in [0.5, 0.6) is 0 Å². The van der Waals surface area contributed by atoms with Gasteiger partial charge in [0.15, 0.2) is 0 Å². The molecule has 1 N–H and O–H groups in total. The summed E-state index contributed by atoms with van der Waals surface area (Å²) in [5.41, 5.74) is 0. The van der Waals surface area contributed by atoms with Crippen molar-refractivity contribution in [2.24, 2.45) is 17.8 Å². The lowest BCUT2D eigenvalue weighted by Crippen LogP contribution is -2.47. The van der Waals surface area contributed by atoms with Crippen LogP contribution in [-0.4, -0.2) is 36.5 Å². The third kappa shape index (κ3) is 2.56. The summed E-state index contributed by atoms with van der Waals surface area (Å²) in [6.45, 7) is 5.06. The van der Waals surface area contributed by atoms with Crippen molar-refractivity contribution in [3.8, 4) is 0 Å². The molecule has 0 bridgehead atoms. The lowest BCUT2D eigenvalue weighted by atomic mass is 10.00. The standard InChI is InChI=1S/C15H26N2O/c1-2-17(10-14-5-3-4-6-16-14)15(18)13-8-11-7-12(11)9-13/h11-14,16H,2-10H2,1H3. The number of likely N-dealkylation sites (N-methyl/N-ethyl adjacent to an activating group) is 1. The second-order valence-corrected chi connectivity index (χ2v) is 6.45. The minimum absolute atomic E-state index is 0.359. The van der Waals surface area contributed by atoms with Gasteiger partial charge in [-0.15, -0.1) is 0 Å². The Labute approximate surface area is 110 Å². The molecule has 1 heterocycles. The van der Waals surface area contributed by atoms with Gasteiger partial charge in [0.1, 0.15) is 0 Å². The van der Waals surface area contributed by atoms with E-state index < -0.39 is 0 Å². The van der Waals surface area contributed by atoms with E-state index in [0.717, 1.165) is 31.5 Å². The van der Waals surface area contributed by atoms with Crippen molar-refractivity contribution in [2.45, 2.75) is 51.5 Å². The Bertz CT molecular complexity index is 302. The molecule has 102 valence electrons. The van der Waals surface area contributed by atoms with Gasteiger partial charge in [0.25, 0.3) is 0 Å². The quantitative estimate of drug-likeness (QED) is 0.828. The van der Waals surface area contributed by atoms with E-state index in [1.807, 2.05) is 0 Å². The van der Waals surface area contributed by atoms with E-state index in [9.17, 15) is 4.79 Å². The van der Waals surface area contributed by atoms with Crippen LogP contribution in [0.15, 0.2) is 0 Å². The number of carbonyl (C=O) groups is 1. The average Bonchev–Trinajstić information content (AvgIpc) is 3.03. The molecule has 0 aromatic heterocycles. The first-order valence-corrected chi connectivity index (χ1v) is 7.80. The van der Waals surface area contributed by atoms with Crippen molar-refractivity contribution in [3.63, 3.8) is 0 Å². The van der Waals surface area contributed by atoms with Crippen LogP contribution in [-0.2, 0) is 4.79 Å². The molecule has 0 aromatic carbocycles. The van der Waals surface area contributed by atoms with Gasteiger partial charge in [0.2, 0.25) is 5.91 Å². The SMILES string of the molecule is CCN(CC1CCCCN1)C(=O)C1CC2CC2C1. The number of hydrogen-bond donors (Lipinski definition) is 1. The number of amides is 1. The highest BCUT2D eigenvalue weighted by atomic mass is 16.2. The molecule has 2 saturated carbocycles. The molecular weight excluding hydrogens is 224 g/mol. The topological polar surface area (TPSA) is 32.3 Å². The Kier molecular flexibility index (Phi) is 3.60. The summed E-state index contributed by atoms with van der Waals surface area (Å²) in [5, 5.41) is 3.55. The van der Waals surface area contributed by atoms with Gasteiger partial charge in [-0.1, -0.05) is 6.42 Å². The molecule has 2 aliphatic carbocycles. The first-order chi connectivity index (χ1) is 8.78. The predicted molar refractivity (Wildman–Crippen MR) is 72.2 cm³/mol. The Morgan fingerprint density at radius 1 is 1.22 bits per heavy atom. The smallest absolute Gasteiger partial charge is 0.225 e. The number of nitrogens with zero attached hydrogens (tertiary/aromatic N) is 1. The van der Waals surface area contributed by atoms with Gasteiger partial charge in [0.05, 0.1) is 0 Å². The molecule has 3 rings (SSSR count). The lowest BCUT2D eigenvalue weighted by molar-refractivity contribution is -0.135. The summed E-state index contributed by atoms with van der Waals surface area (Å²) in [7, 11) is 0. The number of rotatable bonds is 4. The Morgan fingerprint density at radius 3 is 2.61 bits per heavy atom. The summed E-state index contributed by atoms with van der Waals surface area (Å²) in [5.74, 6) is 2.62. The van der Waals surface area contributed by atoms with Crippen LogP contribution in [0.2, 0.25) is 0 Å². The van der Waals surface area contributed by atoms with Gasteiger partial charge in [-0.3, -0.25) is 4.79 Å². The molecule has 3 atom stereocenters.